The third-order valence-corrected chi connectivity index (χ3v) is 3.29. The smallest absolute Gasteiger partial charge is 0.325 e. The molecule has 0 atom stereocenters. The van der Waals surface area contributed by atoms with Gasteiger partial charge in [0.1, 0.15) is 6.54 Å². The average molecular weight is 266 g/mol. The lowest BCUT2D eigenvalue weighted by atomic mass is 9.85. The molecule has 7 heteroatoms. The first kappa shape index (κ1) is 13.4. The molecule has 1 aliphatic carbocycles. The van der Waals surface area contributed by atoms with E-state index in [4.69, 9.17) is 5.11 Å². The van der Waals surface area contributed by atoms with E-state index < -0.39 is 5.97 Å². The highest BCUT2D eigenvalue weighted by atomic mass is 16.4. The van der Waals surface area contributed by atoms with Gasteiger partial charge in [0, 0.05) is 19.8 Å². The molecule has 0 unspecified atom stereocenters. The van der Waals surface area contributed by atoms with Crippen LogP contribution in [0, 0.1) is 5.92 Å². The predicted octanol–water partition coefficient (Wildman–Crippen LogP) is 1.23. The lowest BCUT2D eigenvalue weighted by molar-refractivity contribution is -0.137. The summed E-state index contributed by atoms with van der Waals surface area (Å²) >= 11 is 0. The Hall–Kier alpha value is -2.05. The van der Waals surface area contributed by atoms with Gasteiger partial charge < -0.3 is 15.3 Å². The van der Waals surface area contributed by atoms with Crippen molar-refractivity contribution in [2.45, 2.75) is 25.8 Å². The molecular weight excluding hydrogens is 248 g/mol. The zero-order chi connectivity index (χ0) is 13.8. The molecule has 7 nitrogen and oxygen atoms in total. The Balaban J connectivity index is 1.83. The molecule has 1 fully saturated rings. The number of nitrogens with zero attached hydrogens (tertiary/aromatic N) is 3. The van der Waals surface area contributed by atoms with Crippen LogP contribution in [0.3, 0.4) is 0 Å². The number of aromatic nitrogens is 2. The number of carbonyl (C=O) groups is 2. The van der Waals surface area contributed by atoms with E-state index in [0.29, 0.717) is 11.6 Å². The van der Waals surface area contributed by atoms with E-state index in [1.807, 2.05) is 0 Å². The zero-order valence-electron chi connectivity index (χ0n) is 10.9. The topological polar surface area (TPSA) is 87.5 Å². The van der Waals surface area contributed by atoms with Crippen LogP contribution in [-0.2, 0) is 11.3 Å². The van der Waals surface area contributed by atoms with Gasteiger partial charge in [-0.1, -0.05) is 6.42 Å². The highest BCUT2D eigenvalue weighted by Gasteiger charge is 2.21. The Bertz CT molecular complexity index is 467. The number of nitrogens with one attached hydrogen (secondary N) is 1. The lowest BCUT2D eigenvalue weighted by Gasteiger charge is -2.30. The second-order valence-corrected chi connectivity index (χ2v) is 4.93. The standard InChI is InChI=1S/C12H18N4O3/c1-15(6-9-3-2-4-9)12(19)14-10-5-13-16(7-10)8-11(17)18/h5,7,9H,2-4,6,8H2,1H3,(H,14,19)(H,17,18). The van der Waals surface area contributed by atoms with Crippen molar-refractivity contribution < 1.29 is 14.7 Å². The minimum Gasteiger partial charge on any atom is -0.480 e. The van der Waals surface area contributed by atoms with Crippen molar-refractivity contribution >= 4 is 17.7 Å². The monoisotopic (exact) mass is 266 g/mol. The number of aliphatic carboxylic acids is 1. The molecule has 0 saturated heterocycles. The van der Waals surface area contributed by atoms with Crippen molar-refractivity contribution in [1.29, 1.82) is 0 Å². The number of hydrogen-bond acceptors (Lipinski definition) is 3. The van der Waals surface area contributed by atoms with E-state index in [0.717, 1.165) is 6.54 Å². The number of rotatable bonds is 5. The largest absolute Gasteiger partial charge is 0.480 e. The summed E-state index contributed by atoms with van der Waals surface area (Å²) in [6, 6.07) is -0.193. The second-order valence-electron chi connectivity index (χ2n) is 4.93. The van der Waals surface area contributed by atoms with Crippen LogP contribution < -0.4 is 5.32 Å². The molecule has 0 spiro atoms. The molecule has 2 rings (SSSR count). The Kier molecular flexibility index (Phi) is 4.03. The van der Waals surface area contributed by atoms with Gasteiger partial charge in [-0.15, -0.1) is 0 Å². The summed E-state index contributed by atoms with van der Waals surface area (Å²) < 4.78 is 1.27. The average Bonchev–Trinajstić information content (AvgIpc) is 2.69. The van der Waals surface area contributed by atoms with E-state index in [2.05, 4.69) is 10.4 Å². The predicted molar refractivity (Wildman–Crippen MR) is 68.9 cm³/mol. The fourth-order valence-electron chi connectivity index (χ4n) is 2.02. The number of amides is 2. The van der Waals surface area contributed by atoms with Gasteiger partial charge in [-0.2, -0.15) is 5.10 Å². The molecule has 1 heterocycles. The first-order valence-corrected chi connectivity index (χ1v) is 6.31. The number of anilines is 1. The van der Waals surface area contributed by atoms with Crippen molar-refractivity contribution in [1.82, 2.24) is 14.7 Å². The Morgan fingerprint density at radius 3 is 2.89 bits per heavy atom. The van der Waals surface area contributed by atoms with Gasteiger partial charge in [0.15, 0.2) is 0 Å². The number of carboxylic acid groups (broad SMARTS) is 1. The zero-order valence-corrected chi connectivity index (χ0v) is 10.9. The Morgan fingerprint density at radius 1 is 1.58 bits per heavy atom. The third-order valence-electron chi connectivity index (χ3n) is 3.29. The molecule has 2 N–H and O–H groups in total. The lowest BCUT2D eigenvalue weighted by Crippen LogP contribution is -2.37. The van der Waals surface area contributed by atoms with Gasteiger partial charge in [0.25, 0.3) is 0 Å². The molecule has 1 saturated carbocycles. The van der Waals surface area contributed by atoms with Crippen LogP contribution in [-0.4, -0.2) is 45.4 Å². The van der Waals surface area contributed by atoms with Crippen molar-refractivity contribution in [2.75, 3.05) is 18.9 Å². The second kappa shape index (κ2) is 5.73. The quantitative estimate of drug-likeness (QED) is 0.839. The van der Waals surface area contributed by atoms with Crippen LogP contribution in [0.1, 0.15) is 19.3 Å². The molecule has 1 aromatic heterocycles. The number of urea groups is 1. The Morgan fingerprint density at radius 2 is 2.32 bits per heavy atom. The fraction of sp³-hybridized carbons (Fsp3) is 0.583. The van der Waals surface area contributed by atoms with E-state index in [9.17, 15) is 9.59 Å². The van der Waals surface area contributed by atoms with E-state index in [1.165, 1.54) is 36.3 Å². The highest BCUT2D eigenvalue weighted by molar-refractivity contribution is 5.88. The van der Waals surface area contributed by atoms with Crippen LogP contribution in [0.25, 0.3) is 0 Å². The van der Waals surface area contributed by atoms with E-state index in [1.54, 1.807) is 11.9 Å². The van der Waals surface area contributed by atoms with E-state index >= 15 is 0 Å². The summed E-state index contributed by atoms with van der Waals surface area (Å²) in [6.45, 7) is 0.545. The first-order valence-electron chi connectivity index (χ1n) is 6.31. The maximum Gasteiger partial charge on any atom is 0.325 e. The molecular formula is C12H18N4O3. The van der Waals surface area contributed by atoms with Crippen LogP contribution >= 0.6 is 0 Å². The maximum atomic E-state index is 11.9. The van der Waals surface area contributed by atoms with Crippen LogP contribution in [0.2, 0.25) is 0 Å². The van der Waals surface area contributed by atoms with Gasteiger partial charge in [-0.25, -0.2) is 4.79 Å². The normalized spacial score (nSPS) is 14.8. The van der Waals surface area contributed by atoms with Gasteiger partial charge in [-0.3, -0.25) is 9.48 Å². The molecule has 0 aliphatic heterocycles. The SMILES string of the molecule is CN(CC1CCC1)C(=O)Nc1cnn(CC(=O)O)c1. The summed E-state index contributed by atoms with van der Waals surface area (Å²) in [5.41, 5.74) is 0.506. The highest BCUT2D eigenvalue weighted by Crippen LogP contribution is 2.26. The summed E-state index contributed by atoms with van der Waals surface area (Å²) in [6.07, 6.45) is 6.58. The maximum absolute atomic E-state index is 11.9. The summed E-state index contributed by atoms with van der Waals surface area (Å²) in [5, 5.41) is 15.2. The van der Waals surface area contributed by atoms with Crippen LogP contribution in [0.4, 0.5) is 10.5 Å². The minimum absolute atomic E-state index is 0.193. The molecule has 1 aromatic rings. The van der Waals surface area contributed by atoms with Crippen molar-refractivity contribution in [3.63, 3.8) is 0 Å². The molecule has 0 radical (unpaired) electrons. The fourth-order valence-corrected chi connectivity index (χ4v) is 2.02. The van der Waals surface area contributed by atoms with Crippen LogP contribution in [0.5, 0.6) is 0 Å². The Labute approximate surface area is 111 Å². The summed E-state index contributed by atoms with van der Waals surface area (Å²) in [4.78, 5) is 24.0. The molecule has 1 aliphatic rings. The number of carbonyl (C=O) groups excluding carboxylic acids is 1. The number of hydrogen-bond donors (Lipinski definition) is 2. The van der Waals surface area contributed by atoms with Gasteiger partial charge in [0.05, 0.1) is 11.9 Å². The van der Waals surface area contributed by atoms with Gasteiger partial charge in [0.2, 0.25) is 0 Å². The molecule has 2 amide bonds. The van der Waals surface area contributed by atoms with Crippen LogP contribution in [0.15, 0.2) is 12.4 Å². The van der Waals surface area contributed by atoms with E-state index in [-0.39, 0.29) is 12.6 Å². The minimum atomic E-state index is -0.969. The first-order chi connectivity index (χ1) is 9.04. The summed E-state index contributed by atoms with van der Waals surface area (Å²) in [7, 11) is 1.76. The van der Waals surface area contributed by atoms with Gasteiger partial charge in [-0.05, 0) is 18.8 Å². The van der Waals surface area contributed by atoms with Crippen molar-refractivity contribution in [3.8, 4) is 0 Å². The molecule has 19 heavy (non-hydrogen) atoms. The molecule has 0 bridgehead atoms. The molecule has 104 valence electrons. The third kappa shape index (κ3) is 3.70. The van der Waals surface area contributed by atoms with Crippen molar-refractivity contribution in [3.05, 3.63) is 12.4 Å². The number of carboxylic acids is 1. The molecule has 0 aromatic carbocycles. The van der Waals surface area contributed by atoms with Gasteiger partial charge >= 0.3 is 12.0 Å². The summed E-state index contributed by atoms with van der Waals surface area (Å²) in [5.74, 6) is -0.353. The van der Waals surface area contributed by atoms with Crippen molar-refractivity contribution in [2.24, 2.45) is 5.92 Å².